The zero-order valence-corrected chi connectivity index (χ0v) is 22.4. The van der Waals surface area contributed by atoms with Gasteiger partial charge in [-0.05, 0) is 62.0 Å². The topological polar surface area (TPSA) is 73.8 Å². The van der Waals surface area contributed by atoms with E-state index in [0.717, 1.165) is 35.0 Å². The fourth-order valence-corrected chi connectivity index (χ4v) is 8.03. The number of amides is 1. The van der Waals surface area contributed by atoms with Crippen molar-refractivity contribution in [2.45, 2.75) is 37.8 Å². The molecule has 0 radical (unpaired) electrons. The van der Waals surface area contributed by atoms with Gasteiger partial charge in [0.05, 0.1) is 10.2 Å². The zero-order valence-electron chi connectivity index (χ0n) is 19.9. The Balaban J connectivity index is 1.52. The fourth-order valence-electron chi connectivity index (χ4n) is 4.32. The molecule has 7 nitrogen and oxygen atoms in total. The maximum absolute atomic E-state index is 13.7. The minimum absolute atomic E-state index is 0.0519. The number of benzene rings is 1. The summed E-state index contributed by atoms with van der Waals surface area (Å²) in [4.78, 5) is 22.7. The molecule has 34 heavy (non-hydrogen) atoms. The van der Waals surface area contributed by atoms with Crippen LogP contribution in [0.4, 0.5) is 5.13 Å². The van der Waals surface area contributed by atoms with Crippen molar-refractivity contribution >= 4 is 54.0 Å². The number of anilines is 1. The third kappa shape index (κ3) is 5.36. The van der Waals surface area contributed by atoms with Gasteiger partial charge >= 0.3 is 0 Å². The summed E-state index contributed by atoms with van der Waals surface area (Å²) in [5.41, 5.74) is 2.08. The minimum atomic E-state index is -3.48. The van der Waals surface area contributed by atoms with E-state index in [1.165, 1.54) is 21.2 Å². The van der Waals surface area contributed by atoms with Crippen LogP contribution in [0.3, 0.4) is 0 Å². The minimum Gasteiger partial charge on any atom is -0.302 e. The van der Waals surface area contributed by atoms with Crippen molar-refractivity contribution in [2.24, 2.45) is 5.92 Å². The monoisotopic (exact) mass is 520 g/mol. The average molecular weight is 521 g/mol. The highest BCUT2D eigenvalue weighted by Crippen LogP contribution is 2.33. The van der Waals surface area contributed by atoms with Crippen molar-refractivity contribution in [3.63, 3.8) is 0 Å². The molecule has 4 rings (SSSR count). The predicted molar refractivity (Wildman–Crippen MR) is 140 cm³/mol. The third-order valence-electron chi connectivity index (χ3n) is 6.46. The van der Waals surface area contributed by atoms with Gasteiger partial charge in [0.15, 0.2) is 5.13 Å². The molecular weight excluding hydrogens is 488 g/mol. The second kappa shape index (κ2) is 10.8. The Morgan fingerprint density at radius 2 is 1.88 bits per heavy atom. The van der Waals surface area contributed by atoms with E-state index in [9.17, 15) is 13.2 Å². The Kier molecular flexibility index (Phi) is 8.04. The van der Waals surface area contributed by atoms with Crippen LogP contribution in [0, 0.1) is 12.8 Å². The molecule has 10 heteroatoms. The number of carbonyl (C=O) groups excluding carboxylic acids is 1. The summed E-state index contributed by atoms with van der Waals surface area (Å²) in [6, 6.07) is 9.54. The number of sulfonamides is 1. The Labute approximate surface area is 210 Å². The highest BCUT2D eigenvalue weighted by Gasteiger charge is 2.35. The van der Waals surface area contributed by atoms with E-state index in [0.29, 0.717) is 36.7 Å². The van der Waals surface area contributed by atoms with E-state index in [4.69, 9.17) is 4.98 Å². The number of aryl methyl sites for hydroxylation is 1. The molecule has 1 aliphatic heterocycles. The van der Waals surface area contributed by atoms with Gasteiger partial charge in [-0.25, -0.2) is 13.4 Å². The second-order valence-electron chi connectivity index (χ2n) is 8.59. The third-order valence-corrected chi connectivity index (χ3v) is 10.8. The first-order valence-electron chi connectivity index (χ1n) is 11.8. The first kappa shape index (κ1) is 25.2. The molecular formula is C24H32N4O3S3. The van der Waals surface area contributed by atoms with Crippen molar-refractivity contribution in [2.75, 3.05) is 44.2 Å². The van der Waals surface area contributed by atoms with Crippen LogP contribution in [0.5, 0.6) is 0 Å². The van der Waals surface area contributed by atoms with Gasteiger partial charge in [-0.3, -0.25) is 9.69 Å². The van der Waals surface area contributed by atoms with Crippen LogP contribution in [0.25, 0.3) is 10.2 Å². The van der Waals surface area contributed by atoms with Crippen LogP contribution in [-0.2, 0) is 14.8 Å². The van der Waals surface area contributed by atoms with Crippen LogP contribution < -0.4 is 4.90 Å². The number of hydrogen-bond acceptors (Lipinski definition) is 7. The van der Waals surface area contributed by atoms with Crippen molar-refractivity contribution < 1.29 is 13.2 Å². The highest BCUT2D eigenvalue weighted by molar-refractivity contribution is 7.91. The lowest BCUT2D eigenvalue weighted by atomic mass is 9.96. The second-order valence-corrected chi connectivity index (χ2v) is 12.7. The van der Waals surface area contributed by atoms with E-state index >= 15 is 0 Å². The van der Waals surface area contributed by atoms with E-state index < -0.39 is 10.0 Å². The Morgan fingerprint density at radius 1 is 1.15 bits per heavy atom. The van der Waals surface area contributed by atoms with Gasteiger partial charge in [0.25, 0.3) is 10.0 Å². The number of hydrogen-bond donors (Lipinski definition) is 0. The predicted octanol–water partition coefficient (Wildman–Crippen LogP) is 4.44. The number of piperidine rings is 1. The van der Waals surface area contributed by atoms with Crippen LogP contribution in [0.1, 0.15) is 32.3 Å². The first-order chi connectivity index (χ1) is 16.3. The lowest BCUT2D eigenvalue weighted by Gasteiger charge is -2.33. The SMILES string of the molecule is CCN(CC)CCN(C(=O)C1CCN(S(=O)(=O)c2cccs2)CC1)c1nc2ccc(C)cc2s1. The molecule has 0 spiro atoms. The smallest absolute Gasteiger partial charge is 0.252 e. The Morgan fingerprint density at radius 3 is 2.53 bits per heavy atom. The summed E-state index contributed by atoms with van der Waals surface area (Å²) < 4.78 is 28.7. The van der Waals surface area contributed by atoms with Gasteiger partial charge < -0.3 is 4.90 Å². The molecule has 1 fully saturated rings. The van der Waals surface area contributed by atoms with Crippen LogP contribution in [0.15, 0.2) is 39.9 Å². The quantitative estimate of drug-likeness (QED) is 0.417. The summed E-state index contributed by atoms with van der Waals surface area (Å²) in [5, 5.41) is 2.50. The number of fused-ring (bicyclic) bond motifs is 1. The Bertz CT molecular complexity index is 1210. The largest absolute Gasteiger partial charge is 0.302 e. The number of aromatic nitrogens is 1. The van der Waals surface area contributed by atoms with Crippen LogP contribution in [0.2, 0.25) is 0 Å². The van der Waals surface area contributed by atoms with Crippen molar-refractivity contribution in [3.8, 4) is 0 Å². The molecule has 1 aliphatic rings. The molecule has 1 amide bonds. The molecule has 0 aliphatic carbocycles. The standard InChI is InChI=1S/C24H32N4O3S3/c1-4-26(5-2)14-15-28(24-25-20-9-8-18(3)17-21(20)33-24)23(29)19-10-12-27(13-11-19)34(30,31)22-7-6-16-32-22/h6-9,16-17,19H,4-5,10-15H2,1-3H3. The lowest BCUT2D eigenvalue weighted by Crippen LogP contribution is -2.46. The van der Waals surface area contributed by atoms with E-state index in [2.05, 4.69) is 31.7 Å². The summed E-state index contributed by atoms with van der Waals surface area (Å²) in [7, 11) is -3.48. The fraction of sp³-hybridized carbons (Fsp3) is 0.500. The molecule has 2 aromatic heterocycles. The number of rotatable bonds is 9. The maximum Gasteiger partial charge on any atom is 0.252 e. The Hall–Kier alpha value is -1.85. The molecule has 0 atom stereocenters. The summed E-state index contributed by atoms with van der Waals surface area (Å²) >= 11 is 2.79. The normalized spacial score (nSPS) is 15.9. The van der Waals surface area contributed by atoms with Gasteiger partial charge in [0.2, 0.25) is 5.91 Å². The summed E-state index contributed by atoms with van der Waals surface area (Å²) in [6.07, 6.45) is 1.05. The molecule has 0 saturated carbocycles. The lowest BCUT2D eigenvalue weighted by molar-refractivity contribution is -0.123. The van der Waals surface area contributed by atoms with Crippen molar-refractivity contribution in [3.05, 3.63) is 41.3 Å². The van der Waals surface area contributed by atoms with E-state index in [1.54, 1.807) is 28.8 Å². The van der Waals surface area contributed by atoms with Gasteiger partial charge in [-0.2, -0.15) is 4.31 Å². The molecule has 1 aromatic carbocycles. The summed E-state index contributed by atoms with van der Waals surface area (Å²) in [5.74, 6) is -0.156. The van der Waals surface area contributed by atoms with E-state index in [-0.39, 0.29) is 11.8 Å². The van der Waals surface area contributed by atoms with E-state index in [1.807, 2.05) is 17.0 Å². The number of thiophene rings is 1. The molecule has 184 valence electrons. The number of likely N-dealkylation sites (N-methyl/N-ethyl adjacent to an activating group) is 1. The van der Waals surface area contributed by atoms with Crippen molar-refractivity contribution in [1.29, 1.82) is 0 Å². The molecule has 0 N–H and O–H groups in total. The van der Waals surface area contributed by atoms with Gasteiger partial charge in [-0.15, -0.1) is 11.3 Å². The molecule has 0 bridgehead atoms. The van der Waals surface area contributed by atoms with Crippen LogP contribution >= 0.6 is 22.7 Å². The molecule has 0 unspecified atom stereocenters. The highest BCUT2D eigenvalue weighted by atomic mass is 32.2. The molecule has 1 saturated heterocycles. The van der Waals surface area contributed by atoms with Gasteiger partial charge in [0, 0.05) is 32.1 Å². The van der Waals surface area contributed by atoms with Crippen molar-refractivity contribution in [1.82, 2.24) is 14.2 Å². The number of nitrogens with zero attached hydrogens (tertiary/aromatic N) is 4. The maximum atomic E-state index is 13.7. The van der Waals surface area contributed by atoms with Gasteiger partial charge in [-0.1, -0.05) is 37.3 Å². The molecule has 3 aromatic rings. The summed E-state index contributed by atoms with van der Waals surface area (Å²) in [6.45, 7) is 10.2. The number of carbonyl (C=O) groups is 1. The zero-order chi connectivity index (χ0) is 24.3. The van der Waals surface area contributed by atoms with Gasteiger partial charge in [0.1, 0.15) is 4.21 Å². The average Bonchev–Trinajstić information content (AvgIpc) is 3.52. The first-order valence-corrected chi connectivity index (χ1v) is 14.9. The molecule has 3 heterocycles. The van der Waals surface area contributed by atoms with Crippen LogP contribution in [-0.4, -0.2) is 67.8 Å². The number of thiazole rings is 1.